The molecule has 1 aliphatic rings. The molecule has 0 saturated heterocycles. The lowest BCUT2D eigenvalue weighted by molar-refractivity contribution is 0.286. The summed E-state index contributed by atoms with van der Waals surface area (Å²) >= 11 is 11.6. The highest BCUT2D eigenvalue weighted by molar-refractivity contribution is 6.33. The van der Waals surface area contributed by atoms with Gasteiger partial charge in [0.25, 0.3) is 0 Å². The molecule has 0 radical (unpaired) electrons. The first kappa shape index (κ1) is 8.08. The molecule has 2 heterocycles. The average molecular weight is 205 g/mol. The largest absolute Gasteiger partial charge is 0.490 e. The summed E-state index contributed by atoms with van der Waals surface area (Å²) < 4.78 is 5.32. The Morgan fingerprint density at radius 3 is 2.67 bits per heavy atom. The summed E-state index contributed by atoms with van der Waals surface area (Å²) in [6, 6.07) is 0. The van der Waals surface area contributed by atoms with Gasteiger partial charge in [0.15, 0.2) is 16.1 Å². The molecular formula is C7H6Cl2N2O. The number of rotatable bonds is 0. The van der Waals surface area contributed by atoms with Crippen LogP contribution in [0.1, 0.15) is 12.0 Å². The second kappa shape index (κ2) is 3.07. The minimum atomic E-state index is 0.300. The number of nitrogens with zero attached hydrogens (tertiary/aromatic N) is 2. The molecule has 0 saturated carbocycles. The third-order valence-corrected chi connectivity index (χ3v) is 2.30. The van der Waals surface area contributed by atoms with E-state index in [1.54, 1.807) is 0 Å². The van der Waals surface area contributed by atoms with Crippen LogP contribution in [0.5, 0.6) is 5.75 Å². The summed E-state index contributed by atoms with van der Waals surface area (Å²) in [5, 5.41) is 8.04. The Labute approximate surface area is 79.6 Å². The third-order valence-electron chi connectivity index (χ3n) is 1.75. The normalized spacial score (nSPS) is 15.2. The van der Waals surface area contributed by atoms with E-state index in [4.69, 9.17) is 27.9 Å². The highest BCUT2D eigenvalue weighted by Crippen LogP contribution is 2.33. The number of halogens is 2. The molecule has 2 rings (SSSR count). The number of aromatic nitrogens is 2. The standard InChI is InChI=1S/C7H6Cl2N2O/c8-6-4-2-1-3-12-5(4)7(9)11-10-6/h1-3H2. The lowest BCUT2D eigenvalue weighted by Crippen LogP contribution is -2.10. The second-order valence-electron chi connectivity index (χ2n) is 2.54. The quantitative estimate of drug-likeness (QED) is 0.650. The van der Waals surface area contributed by atoms with Crippen molar-refractivity contribution in [3.05, 3.63) is 15.9 Å². The van der Waals surface area contributed by atoms with Gasteiger partial charge in [0, 0.05) is 5.56 Å². The molecule has 1 aromatic heterocycles. The van der Waals surface area contributed by atoms with Crippen LogP contribution in [0.4, 0.5) is 0 Å². The lowest BCUT2D eigenvalue weighted by atomic mass is 10.1. The molecule has 1 aromatic rings. The highest BCUT2D eigenvalue weighted by atomic mass is 35.5. The first-order valence-electron chi connectivity index (χ1n) is 3.62. The number of ether oxygens (including phenoxy) is 1. The van der Waals surface area contributed by atoms with Gasteiger partial charge in [0.1, 0.15) is 0 Å². The van der Waals surface area contributed by atoms with Crippen molar-refractivity contribution >= 4 is 23.2 Å². The fraction of sp³-hybridized carbons (Fsp3) is 0.429. The van der Waals surface area contributed by atoms with E-state index in [0.29, 0.717) is 22.7 Å². The van der Waals surface area contributed by atoms with Crippen molar-refractivity contribution in [2.75, 3.05) is 6.61 Å². The third kappa shape index (κ3) is 1.23. The Morgan fingerprint density at radius 2 is 1.92 bits per heavy atom. The van der Waals surface area contributed by atoms with E-state index in [2.05, 4.69) is 10.2 Å². The predicted octanol–water partition coefficient (Wildman–Crippen LogP) is 2.11. The smallest absolute Gasteiger partial charge is 0.194 e. The topological polar surface area (TPSA) is 35.0 Å². The highest BCUT2D eigenvalue weighted by Gasteiger charge is 2.18. The van der Waals surface area contributed by atoms with Crippen LogP contribution in [0.2, 0.25) is 10.3 Å². The van der Waals surface area contributed by atoms with E-state index in [1.807, 2.05) is 0 Å². The van der Waals surface area contributed by atoms with Gasteiger partial charge in [0.2, 0.25) is 0 Å². The molecule has 12 heavy (non-hydrogen) atoms. The molecule has 0 aromatic carbocycles. The van der Waals surface area contributed by atoms with Crippen molar-refractivity contribution in [1.82, 2.24) is 10.2 Å². The van der Waals surface area contributed by atoms with Crippen molar-refractivity contribution in [3.63, 3.8) is 0 Å². The Kier molecular flexibility index (Phi) is 2.07. The molecule has 3 nitrogen and oxygen atoms in total. The molecule has 0 unspecified atom stereocenters. The summed E-state index contributed by atoms with van der Waals surface area (Å²) in [7, 11) is 0. The fourth-order valence-electron chi connectivity index (χ4n) is 1.20. The first-order valence-corrected chi connectivity index (χ1v) is 4.38. The van der Waals surface area contributed by atoms with Crippen molar-refractivity contribution < 1.29 is 4.74 Å². The molecule has 0 amide bonds. The van der Waals surface area contributed by atoms with E-state index < -0.39 is 0 Å². The van der Waals surface area contributed by atoms with Crippen LogP contribution < -0.4 is 4.74 Å². The van der Waals surface area contributed by atoms with Crippen LogP contribution in [-0.2, 0) is 6.42 Å². The molecule has 1 aliphatic heterocycles. The van der Waals surface area contributed by atoms with E-state index >= 15 is 0 Å². The summed E-state index contributed by atoms with van der Waals surface area (Å²) in [5.74, 6) is 0.600. The van der Waals surface area contributed by atoms with Crippen LogP contribution >= 0.6 is 23.2 Å². The van der Waals surface area contributed by atoms with Crippen LogP contribution in [0, 0.1) is 0 Å². The zero-order valence-electron chi connectivity index (χ0n) is 6.18. The second-order valence-corrected chi connectivity index (χ2v) is 3.26. The monoisotopic (exact) mass is 204 g/mol. The van der Waals surface area contributed by atoms with E-state index in [0.717, 1.165) is 18.4 Å². The summed E-state index contributed by atoms with van der Waals surface area (Å²) in [6.07, 6.45) is 1.82. The van der Waals surface area contributed by atoms with Crippen LogP contribution in [-0.4, -0.2) is 16.8 Å². The van der Waals surface area contributed by atoms with Crippen LogP contribution in [0.3, 0.4) is 0 Å². The molecule has 0 bridgehead atoms. The average Bonchev–Trinajstić information content (AvgIpc) is 2.12. The van der Waals surface area contributed by atoms with Crippen molar-refractivity contribution in [2.24, 2.45) is 0 Å². The van der Waals surface area contributed by atoms with Gasteiger partial charge in [-0.25, -0.2) is 0 Å². The number of hydrogen-bond acceptors (Lipinski definition) is 3. The van der Waals surface area contributed by atoms with Gasteiger partial charge >= 0.3 is 0 Å². The van der Waals surface area contributed by atoms with E-state index in [1.165, 1.54) is 0 Å². The molecule has 0 N–H and O–H groups in total. The van der Waals surface area contributed by atoms with Crippen molar-refractivity contribution in [3.8, 4) is 5.75 Å². The van der Waals surface area contributed by atoms with Crippen LogP contribution in [0.15, 0.2) is 0 Å². The lowest BCUT2D eigenvalue weighted by Gasteiger charge is -2.17. The maximum Gasteiger partial charge on any atom is 0.194 e. The molecular weight excluding hydrogens is 199 g/mol. The molecule has 0 atom stereocenters. The molecule has 5 heteroatoms. The maximum absolute atomic E-state index is 5.80. The first-order chi connectivity index (χ1) is 5.79. The minimum absolute atomic E-state index is 0.300. The Balaban J connectivity index is 2.57. The van der Waals surface area contributed by atoms with E-state index in [-0.39, 0.29) is 0 Å². The summed E-state index contributed by atoms with van der Waals surface area (Å²) in [4.78, 5) is 0. The van der Waals surface area contributed by atoms with E-state index in [9.17, 15) is 0 Å². The Hall–Kier alpha value is -0.540. The van der Waals surface area contributed by atoms with Gasteiger partial charge in [-0.2, -0.15) is 0 Å². The minimum Gasteiger partial charge on any atom is -0.490 e. The van der Waals surface area contributed by atoms with Gasteiger partial charge in [-0.1, -0.05) is 23.2 Å². The molecule has 0 spiro atoms. The van der Waals surface area contributed by atoms with Crippen molar-refractivity contribution in [2.45, 2.75) is 12.8 Å². The predicted molar refractivity (Wildman–Crippen MR) is 45.9 cm³/mol. The SMILES string of the molecule is Clc1nnc(Cl)c2c1CCCO2. The zero-order valence-corrected chi connectivity index (χ0v) is 7.69. The summed E-state index contributed by atoms with van der Waals surface area (Å²) in [6.45, 7) is 0.675. The zero-order chi connectivity index (χ0) is 8.55. The van der Waals surface area contributed by atoms with Crippen molar-refractivity contribution in [1.29, 1.82) is 0 Å². The maximum atomic E-state index is 5.80. The van der Waals surface area contributed by atoms with Gasteiger partial charge in [-0.15, -0.1) is 10.2 Å². The number of hydrogen-bond donors (Lipinski definition) is 0. The molecule has 64 valence electrons. The molecule has 0 aliphatic carbocycles. The van der Waals surface area contributed by atoms with Gasteiger partial charge in [-0.3, -0.25) is 0 Å². The summed E-state index contributed by atoms with van der Waals surface area (Å²) in [5.41, 5.74) is 0.878. The molecule has 0 fully saturated rings. The van der Waals surface area contributed by atoms with Gasteiger partial charge < -0.3 is 4.74 Å². The Bertz CT molecular complexity index is 286. The van der Waals surface area contributed by atoms with Gasteiger partial charge in [0.05, 0.1) is 6.61 Å². The van der Waals surface area contributed by atoms with Gasteiger partial charge in [-0.05, 0) is 12.8 Å². The Morgan fingerprint density at radius 1 is 1.17 bits per heavy atom. The number of fused-ring (bicyclic) bond motifs is 1. The van der Waals surface area contributed by atoms with Crippen LogP contribution in [0.25, 0.3) is 0 Å². The fourth-order valence-corrected chi connectivity index (χ4v) is 1.62.